The fourth-order valence-corrected chi connectivity index (χ4v) is 6.93. The highest BCUT2D eigenvalue weighted by atomic mass is 16.5. The molecule has 214 valence electrons. The van der Waals surface area contributed by atoms with Crippen LogP contribution in [0.25, 0.3) is 83.2 Å². The maximum atomic E-state index is 6.50. The van der Waals surface area contributed by atoms with Gasteiger partial charge in [-0.05, 0) is 52.6 Å². The van der Waals surface area contributed by atoms with Crippen LogP contribution in [0.3, 0.4) is 0 Å². The maximum absolute atomic E-state index is 6.50. The summed E-state index contributed by atoms with van der Waals surface area (Å²) >= 11 is 0. The molecule has 9 aromatic rings. The highest BCUT2D eigenvalue weighted by Gasteiger charge is 2.26. The van der Waals surface area contributed by atoms with E-state index in [1.165, 1.54) is 5.39 Å². The Labute approximate surface area is 264 Å². The minimum atomic E-state index is 0.618. The van der Waals surface area contributed by atoms with Crippen molar-refractivity contribution in [3.05, 3.63) is 146 Å². The molecule has 10 rings (SSSR count). The van der Waals surface area contributed by atoms with Gasteiger partial charge in [-0.25, -0.2) is 15.0 Å². The van der Waals surface area contributed by atoms with E-state index in [1.54, 1.807) is 0 Å². The Morgan fingerprint density at radius 3 is 1.70 bits per heavy atom. The second-order valence-electron chi connectivity index (χ2n) is 11.7. The van der Waals surface area contributed by atoms with E-state index < -0.39 is 0 Å². The first-order chi connectivity index (χ1) is 22.8. The zero-order valence-corrected chi connectivity index (χ0v) is 24.6. The van der Waals surface area contributed by atoms with Crippen LogP contribution in [0, 0.1) is 0 Å². The van der Waals surface area contributed by atoms with Crippen molar-refractivity contribution in [2.45, 2.75) is 0 Å². The van der Waals surface area contributed by atoms with Gasteiger partial charge in [0.1, 0.15) is 11.5 Å². The van der Waals surface area contributed by atoms with Gasteiger partial charge in [-0.15, -0.1) is 0 Å². The van der Waals surface area contributed by atoms with Gasteiger partial charge in [0.15, 0.2) is 17.5 Å². The minimum absolute atomic E-state index is 0.618. The normalized spacial score (nSPS) is 12.1. The summed E-state index contributed by atoms with van der Waals surface area (Å²) in [7, 11) is 0. The van der Waals surface area contributed by atoms with E-state index in [9.17, 15) is 0 Å². The van der Waals surface area contributed by atoms with Crippen LogP contribution in [0.4, 0.5) is 0 Å². The van der Waals surface area contributed by atoms with Gasteiger partial charge in [0.05, 0.1) is 22.1 Å². The summed E-state index contributed by atoms with van der Waals surface area (Å²) in [5.74, 6) is 3.64. The van der Waals surface area contributed by atoms with Gasteiger partial charge < -0.3 is 9.30 Å². The van der Waals surface area contributed by atoms with E-state index in [-0.39, 0.29) is 0 Å². The molecule has 46 heavy (non-hydrogen) atoms. The Morgan fingerprint density at radius 2 is 0.978 bits per heavy atom. The molecule has 0 saturated heterocycles. The first-order valence-corrected chi connectivity index (χ1v) is 15.4. The number of rotatable bonds is 4. The minimum Gasteiger partial charge on any atom is -0.456 e. The van der Waals surface area contributed by atoms with Crippen molar-refractivity contribution in [3.63, 3.8) is 0 Å². The second-order valence-corrected chi connectivity index (χ2v) is 11.7. The standard InChI is InChI=1S/C41H24N4O/c1-3-11-26(12-4-1)39-42-40(27-13-5-2-6-14-27)44-41(43-39)30-23-28-15-7-8-16-29(28)24-33(30)45-31-18-10-20-35-37(31)38-32(45)22-21-25-17-9-19-34(46-35)36(25)38/h1-24H. The quantitative estimate of drug-likeness (QED) is 0.205. The predicted molar refractivity (Wildman–Crippen MR) is 186 cm³/mol. The Balaban J connectivity index is 1.34. The number of fused-ring (bicyclic) bond motifs is 1. The summed E-state index contributed by atoms with van der Waals surface area (Å²) in [6.45, 7) is 0. The highest BCUT2D eigenvalue weighted by molar-refractivity contribution is 6.26. The first-order valence-electron chi connectivity index (χ1n) is 15.4. The lowest BCUT2D eigenvalue weighted by Crippen LogP contribution is -2.04. The van der Waals surface area contributed by atoms with Crippen LogP contribution in [0.15, 0.2) is 146 Å². The number of hydrogen-bond donors (Lipinski definition) is 0. The van der Waals surface area contributed by atoms with E-state index in [1.807, 2.05) is 60.7 Å². The highest BCUT2D eigenvalue weighted by Crippen LogP contribution is 2.49. The molecule has 3 heterocycles. The molecule has 5 nitrogen and oxygen atoms in total. The first kappa shape index (κ1) is 25.0. The molecule has 0 atom stereocenters. The van der Waals surface area contributed by atoms with Crippen LogP contribution in [0.2, 0.25) is 0 Å². The molecule has 0 bridgehead atoms. The summed E-state index contributed by atoms with van der Waals surface area (Å²) in [4.78, 5) is 15.3. The zero-order valence-electron chi connectivity index (χ0n) is 24.6. The Morgan fingerprint density at radius 1 is 0.413 bits per heavy atom. The molecule has 5 heteroatoms. The monoisotopic (exact) mass is 588 g/mol. The second kappa shape index (κ2) is 9.58. The van der Waals surface area contributed by atoms with Crippen molar-refractivity contribution >= 4 is 43.4 Å². The molecule has 0 fully saturated rings. The number of ether oxygens (including phenoxy) is 1. The van der Waals surface area contributed by atoms with Gasteiger partial charge in [-0.1, -0.05) is 109 Å². The van der Waals surface area contributed by atoms with Gasteiger partial charge in [0.25, 0.3) is 0 Å². The molecule has 1 aliphatic rings. The van der Waals surface area contributed by atoms with Gasteiger partial charge in [0.2, 0.25) is 0 Å². The molecule has 7 aromatic carbocycles. The van der Waals surface area contributed by atoms with Crippen molar-refractivity contribution in [2.24, 2.45) is 0 Å². The molecule has 0 N–H and O–H groups in total. The van der Waals surface area contributed by atoms with Crippen molar-refractivity contribution in [1.82, 2.24) is 19.5 Å². The SMILES string of the molecule is c1ccc(-c2nc(-c3ccccc3)nc(-c3cc4ccccc4cc3-n3c4cccc5c4c4c6c(cccc6ccc43)O5)n2)cc1. The lowest BCUT2D eigenvalue weighted by atomic mass is 10.0. The molecular weight excluding hydrogens is 564 g/mol. The lowest BCUT2D eigenvalue weighted by Gasteiger charge is -2.16. The van der Waals surface area contributed by atoms with E-state index in [0.29, 0.717) is 17.5 Å². The molecule has 0 spiro atoms. The number of hydrogen-bond acceptors (Lipinski definition) is 4. The number of nitrogens with zero attached hydrogens (tertiary/aromatic N) is 4. The predicted octanol–water partition coefficient (Wildman–Crippen LogP) is 10.4. The summed E-state index contributed by atoms with van der Waals surface area (Å²) in [5.41, 5.74) is 5.99. The van der Waals surface area contributed by atoms with Crippen molar-refractivity contribution in [3.8, 4) is 51.3 Å². The van der Waals surface area contributed by atoms with Crippen LogP contribution in [0.5, 0.6) is 11.5 Å². The fourth-order valence-electron chi connectivity index (χ4n) is 6.93. The average molecular weight is 589 g/mol. The smallest absolute Gasteiger partial charge is 0.166 e. The van der Waals surface area contributed by atoms with Crippen molar-refractivity contribution < 1.29 is 4.74 Å². The number of benzene rings is 7. The molecule has 0 aliphatic carbocycles. The third-order valence-electron chi connectivity index (χ3n) is 8.99. The van der Waals surface area contributed by atoms with Crippen molar-refractivity contribution in [2.75, 3.05) is 0 Å². The Hall–Kier alpha value is -6.33. The summed E-state index contributed by atoms with van der Waals surface area (Å²) in [6, 6.07) is 50.2. The lowest BCUT2D eigenvalue weighted by molar-refractivity contribution is 0.493. The van der Waals surface area contributed by atoms with E-state index in [2.05, 4.69) is 89.5 Å². The fraction of sp³-hybridized carbons (Fsp3) is 0. The van der Waals surface area contributed by atoms with E-state index in [4.69, 9.17) is 19.7 Å². The molecule has 0 radical (unpaired) electrons. The molecule has 0 amide bonds. The maximum Gasteiger partial charge on any atom is 0.166 e. The third kappa shape index (κ3) is 3.66. The van der Waals surface area contributed by atoms with Crippen LogP contribution in [-0.4, -0.2) is 19.5 Å². The van der Waals surface area contributed by atoms with Crippen LogP contribution < -0.4 is 4.74 Å². The van der Waals surface area contributed by atoms with E-state index in [0.717, 1.165) is 71.8 Å². The Bertz CT molecular complexity index is 2600. The Kier molecular flexibility index (Phi) is 5.22. The topological polar surface area (TPSA) is 52.8 Å². The van der Waals surface area contributed by atoms with Crippen molar-refractivity contribution in [1.29, 1.82) is 0 Å². The van der Waals surface area contributed by atoms with Gasteiger partial charge in [-0.2, -0.15) is 0 Å². The molecular formula is C41H24N4O. The van der Waals surface area contributed by atoms with Crippen LogP contribution in [-0.2, 0) is 0 Å². The molecule has 0 saturated carbocycles. The largest absolute Gasteiger partial charge is 0.456 e. The molecule has 1 aliphatic heterocycles. The average Bonchev–Trinajstić information content (AvgIpc) is 3.47. The zero-order chi connectivity index (χ0) is 30.2. The number of aromatic nitrogens is 4. The summed E-state index contributed by atoms with van der Waals surface area (Å²) < 4.78 is 8.86. The summed E-state index contributed by atoms with van der Waals surface area (Å²) in [5, 5.41) is 6.88. The molecule has 0 unspecified atom stereocenters. The van der Waals surface area contributed by atoms with Crippen LogP contribution >= 0.6 is 0 Å². The van der Waals surface area contributed by atoms with E-state index >= 15 is 0 Å². The van der Waals surface area contributed by atoms with Gasteiger partial charge >= 0.3 is 0 Å². The molecule has 2 aromatic heterocycles. The van der Waals surface area contributed by atoms with Gasteiger partial charge in [0, 0.05) is 27.5 Å². The van der Waals surface area contributed by atoms with Crippen LogP contribution in [0.1, 0.15) is 0 Å². The third-order valence-corrected chi connectivity index (χ3v) is 8.99. The summed E-state index contributed by atoms with van der Waals surface area (Å²) in [6.07, 6.45) is 0. The van der Waals surface area contributed by atoms with Gasteiger partial charge in [-0.3, -0.25) is 0 Å².